The van der Waals surface area contributed by atoms with Crippen molar-refractivity contribution in [1.82, 2.24) is 15.3 Å². The van der Waals surface area contributed by atoms with E-state index in [0.29, 0.717) is 41.1 Å². The van der Waals surface area contributed by atoms with Gasteiger partial charge in [0.05, 0.1) is 35.3 Å². The molecule has 0 bridgehead atoms. The third-order valence-corrected chi connectivity index (χ3v) is 4.47. The number of H-pyrrole nitrogens is 1. The number of hydrogen-bond donors (Lipinski definition) is 2. The van der Waals surface area contributed by atoms with Crippen molar-refractivity contribution >= 4 is 28.5 Å². The summed E-state index contributed by atoms with van der Waals surface area (Å²) >= 11 is 6.35. The molecule has 3 rings (SSSR count). The number of nitrogens with zero attached hydrogens (tertiary/aromatic N) is 1. The highest BCUT2D eigenvalue weighted by Gasteiger charge is 2.19. The second kappa shape index (κ2) is 8.97. The molecule has 0 aliphatic carbocycles. The van der Waals surface area contributed by atoms with Gasteiger partial charge < -0.3 is 19.8 Å². The summed E-state index contributed by atoms with van der Waals surface area (Å²) in [4.78, 5) is 20.5. The topological polar surface area (TPSA) is 76.2 Å². The lowest BCUT2D eigenvalue weighted by Gasteiger charge is -2.16. The van der Waals surface area contributed by atoms with Crippen LogP contribution in [-0.4, -0.2) is 29.1 Å². The van der Waals surface area contributed by atoms with Gasteiger partial charge in [-0.2, -0.15) is 0 Å². The van der Waals surface area contributed by atoms with E-state index in [-0.39, 0.29) is 11.9 Å². The Balaban J connectivity index is 1.80. The van der Waals surface area contributed by atoms with E-state index in [1.54, 1.807) is 12.1 Å². The number of carbonyl (C=O) groups is 1. The smallest absolute Gasteiger partial charge is 0.252 e. The van der Waals surface area contributed by atoms with Crippen molar-refractivity contribution in [3.05, 3.63) is 52.8 Å². The maximum atomic E-state index is 12.8. The summed E-state index contributed by atoms with van der Waals surface area (Å²) in [6, 6.07) is 10.7. The van der Waals surface area contributed by atoms with Gasteiger partial charge in [-0.25, -0.2) is 4.98 Å². The Labute approximate surface area is 169 Å². The molecule has 1 amide bonds. The Hall–Kier alpha value is -2.73. The number of hydrogen-bond acceptors (Lipinski definition) is 4. The molecule has 0 saturated heterocycles. The van der Waals surface area contributed by atoms with Crippen LogP contribution in [0.5, 0.6) is 11.5 Å². The second-order valence-electron chi connectivity index (χ2n) is 6.40. The number of halogens is 1. The molecule has 0 unspecified atom stereocenters. The molecule has 0 saturated carbocycles. The number of imidazole rings is 1. The molecule has 0 spiro atoms. The first-order chi connectivity index (χ1) is 13.5. The van der Waals surface area contributed by atoms with Gasteiger partial charge in [0.1, 0.15) is 5.82 Å². The first kappa shape index (κ1) is 20.0. The summed E-state index contributed by atoms with van der Waals surface area (Å²) in [5, 5.41) is 3.29. The van der Waals surface area contributed by atoms with Gasteiger partial charge in [-0.15, -0.1) is 0 Å². The maximum absolute atomic E-state index is 12.8. The van der Waals surface area contributed by atoms with Crippen molar-refractivity contribution in [3.63, 3.8) is 0 Å². The van der Waals surface area contributed by atoms with E-state index < -0.39 is 0 Å². The Morgan fingerprint density at radius 2 is 2.04 bits per heavy atom. The van der Waals surface area contributed by atoms with E-state index in [9.17, 15) is 4.79 Å². The molecular weight excluding hydrogens is 378 g/mol. The molecule has 0 aliphatic rings. The quantitative estimate of drug-likeness (QED) is 0.563. The van der Waals surface area contributed by atoms with Crippen molar-refractivity contribution in [3.8, 4) is 11.5 Å². The Morgan fingerprint density at radius 1 is 1.25 bits per heavy atom. The zero-order chi connectivity index (χ0) is 20.1. The fraction of sp³-hybridized carbons (Fsp3) is 0.333. The van der Waals surface area contributed by atoms with Crippen molar-refractivity contribution in [2.24, 2.45) is 0 Å². The molecule has 1 aromatic heterocycles. The first-order valence-electron chi connectivity index (χ1n) is 9.38. The van der Waals surface area contributed by atoms with Crippen LogP contribution in [0.25, 0.3) is 11.0 Å². The lowest BCUT2D eigenvalue weighted by Crippen LogP contribution is -2.27. The molecular formula is C21H24ClN3O3. The number of aromatic nitrogens is 2. The van der Waals surface area contributed by atoms with Crippen LogP contribution < -0.4 is 14.8 Å². The number of para-hydroxylation sites is 2. The van der Waals surface area contributed by atoms with Crippen molar-refractivity contribution in [2.75, 3.05) is 13.2 Å². The number of carbonyl (C=O) groups excluding carboxylic acids is 1. The molecule has 6 nitrogen and oxygen atoms in total. The van der Waals surface area contributed by atoms with Crippen LogP contribution in [-0.2, 0) is 0 Å². The summed E-state index contributed by atoms with van der Waals surface area (Å²) < 4.78 is 11.3. The molecule has 0 aliphatic heterocycles. The molecule has 2 N–H and O–H groups in total. The van der Waals surface area contributed by atoms with Gasteiger partial charge in [-0.3, -0.25) is 4.79 Å². The monoisotopic (exact) mass is 401 g/mol. The third-order valence-electron chi connectivity index (χ3n) is 4.19. The Kier molecular flexibility index (Phi) is 6.41. The van der Waals surface area contributed by atoms with Gasteiger partial charge in [0.2, 0.25) is 0 Å². The number of rotatable bonds is 8. The van der Waals surface area contributed by atoms with Gasteiger partial charge in [0.25, 0.3) is 5.91 Å². The highest BCUT2D eigenvalue weighted by Crippen LogP contribution is 2.37. The number of amides is 1. The highest BCUT2D eigenvalue weighted by atomic mass is 35.5. The fourth-order valence-electron chi connectivity index (χ4n) is 2.83. The zero-order valence-electron chi connectivity index (χ0n) is 16.2. The van der Waals surface area contributed by atoms with Gasteiger partial charge in [-0.05, 0) is 44.5 Å². The summed E-state index contributed by atoms with van der Waals surface area (Å²) in [5.41, 5.74) is 2.19. The van der Waals surface area contributed by atoms with Gasteiger partial charge in [-0.1, -0.05) is 30.7 Å². The van der Waals surface area contributed by atoms with Crippen molar-refractivity contribution < 1.29 is 14.3 Å². The van der Waals surface area contributed by atoms with E-state index >= 15 is 0 Å². The molecule has 148 valence electrons. The van der Waals surface area contributed by atoms with Crippen LogP contribution >= 0.6 is 11.6 Å². The molecule has 28 heavy (non-hydrogen) atoms. The maximum Gasteiger partial charge on any atom is 0.252 e. The van der Waals surface area contributed by atoms with E-state index in [1.165, 1.54) is 0 Å². The van der Waals surface area contributed by atoms with E-state index in [4.69, 9.17) is 21.1 Å². The average molecular weight is 402 g/mol. The minimum Gasteiger partial charge on any atom is -0.490 e. The summed E-state index contributed by atoms with van der Waals surface area (Å²) in [6.07, 6.45) is 0.846. The third kappa shape index (κ3) is 4.39. The molecule has 0 fully saturated rings. The molecule has 1 heterocycles. The number of ether oxygens (including phenoxy) is 2. The Morgan fingerprint density at radius 3 is 2.75 bits per heavy atom. The van der Waals surface area contributed by atoms with Crippen LogP contribution in [0.2, 0.25) is 5.02 Å². The fourth-order valence-corrected chi connectivity index (χ4v) is 3.10. The van der Waals surface area contributed by atoms with E-state index in [2.05, 4.69) is 15.3 Å². The summed E-state index contributed by atoms with van der Waals surface area (Å²) in [5.74, 6) is 1.35. The number of nitrogens with one attached hydrogen (secondary N) is 2. The number of benzene rings is 2. The summed E-state index contributed by atoms with van der Waals surface area (Å²) in [7, 11) is 0. The number of aromatic amines is 1. The molecule has 3 aromatic rings. The van der Waals surface area contributed by atoms with Crippen LogP contribution in [0.3, 0.4) is 0 Å². The Bertz CT molecular complexity index is 938. The van der Waals surface area contributed by atoms with Crippen LogP contribution in [0.4, 0.5) is 0 Å². The average Bonchev–Trinajstić information content (AvgIpc) is 3.12. The van der Waals surface area contributed by atoms with E-state index in [0.717, 1.165) is 17.5 Å². The molecule has 1 atom stereocenters. The predicted molar refractivity (Wildman–Crippen MR) is 110 cm³/mol. The minimum absolute atomic E-state index is 0.266. The molecule has 0 radical (unpaired) electrons. The van der Waals surface area contributed by atoms with Crippen molar-refractivity contribution in [1.29, 1.82) is 0 Å². The minimum atomic E-state index is -0.301. The largest absolute Gasteiger partial charge is 0.490 e. The van der Waals surface area contributed by atoms with Gasteiger partial charge in [0, 0.05) is 5.56 Å². The lowest BCUT2D eigenvalue weighted by molar-refractivity contribution is 0.0938. The summed E-state index contributed by atoms with van der Waals surface area (Å²) in [6.45, 7) is 6.72. The van der Waals surface area contributed by atoms with Gasteiger partial charge in [0.15, 0.2) is 11.5 Å². The van der Waals surface area contributed by atoms with Crippen molar-refractivity contribution in [2.45, 2.75) is 33.2 Å². The molecule has 2 aromatic carbocycles. The normalized spacial score (nSPS) is 12.0. The second-order valence-corrected chi connectivity index (χ2v) is 6.81. The van der Waals surface area contributed by atoms with E-state index in [1.807, 2.05) is 45.0 Å². The molecule has 7 heteroatoms. The van der Waals surface area contributed by atoms with Gasteiger partial charge >= 0.3 is 0 Å². The lowest BCUT2D eigenvalue weighted by atomic mass is 10.1. The van der Waals surface area contributed by atoms with Crippen LogP contribution in [0.15, 0.2) is 36.4 Å². The zero-order valence-corrected chi connectivity index (χ0v) is 17.0. The highest BCUT2D eigenvalue weighted by molar-refractivity contribution is 6.32. The van der Waals surface area contributed by atoms with Crippen LogP contribution in [0.1, 0.15) is 49.4 Å². The SMILES string of the molecule is CCCOc1c(Cl)cc(C(=O)N[C@@H](C)c2nc3ccccc3[nH]2)cc1OCC. The number of fused-ring (bicyclic) bond motifs is 1. The predicted octanol–water partition coefficient (Wildman–Crippen LogP) is 4.89. The standard InChI is InChI=1S/C21H24ClN3O3/c1-4-10-28-19-15(22)11-14(12-18(19)27-5-2)21(26)23-13(3)20-24-16-8-6-7-9-17(16)25-20/h6-9,11-13H,4-5,10H2,1-3H3,(H,23,26)(H,24,25)/t13-/m0/s1. The van der Waals surface area contributed by atoms with Crippen LogP contribution in [0, 0.1) is 0 Å². The first-order valence-corrected chi connectivity index (χ1v) is 9.75.